The zero-order valence-electron chi connectivity index (χ0n) is 8.90. The first-order valence-electron chi connectivity index (χ1n) is 4.99. The average molecular weight is 244 g/mol. The molecule has 0 aliphatic heterocycles. The van der Waals surface area contributed by atoms with Crippen LogP contribution in [0.5, 0.6) is 5.75 Å². The van der Waals surface area contributed by atoms with E-state index in [1.165, 1.54) is 18.2 Å². The van der Waals surface area contributed by atoms with Crippen LogP contribution in [0, 0.1) is 0 Å². The quantitative estimate of drug-likeness (QED) is 0.752. The Bertz CT molecular complexity index is 381. The standard InChI is InChI=1S/C11H14ClNO3/c1-2-7(14)6-13-11(16)9-5-8(15)3-4-10(9)12/h3-5,7,14-15H,2,6H2,1H3,(H,13,16). The van der Waals surface area contributed by atoms with Crippen molar-refractivity contribution in [2.45, 2.75) is 19.4 Å². The summed E-state index contributed by atoms with van der Waals surface area (Å²) in [7, 11) is 0. The number of aromatic hydroxyl groups is 1. The molecule has 0 saturated carbocycles. The fraction of sp³-hybridized carbons (Fsp3) is 0.364. The van der Waals surface area contributed by atoms with Crippen LogP contribution in [0.4, 0.5) is 0 Å². The molecular formula is C11H14ClNO3. The van der Waals surface area contributed by atoms with E-state index in [2.05, 4.69) is 5.32 Å². The van der Waals surface area contributed by atoms with E-state index in [1.807, 2.05) is 6.92 Å². The second-order valence-electron chi connectivity index (χ2n) is 3.44. The Morgan fingerprint density at radius 2 is 2.25 bits per heavy atom. The smallest absolute Gasteiger partial charge is 0.253 e. The average Bonchev–Trinajstić information content (AvgIpc) is 2.28. The Morgan fingerprint density at radius 1 is 1.56 bits per heavy atom. The third-order valence-corrected chi connectivity index (χ3v) is 2.49. The normalized spacial score (nSPS) is 12.2. The van der Waals surface area contributed by atoms with Crippen LogP contribution in [-0.2, 0) is 0 Å². The second kappa shape index (κ2) is 5.72. The molecule has 1 aromatic rings. The van der Waals surface area contributed by atoms with Crippen molar-refractivity contribution in [3.05, 3.63) is 28.8 Å². The highest BCUT2D eigenvalue weighted by molar-refractivity contribution is 6.33. The van der Waals surface area contributed by atoms with Crippen molar-refractivity contribution in [1.82, 2.24) is 5.32 Å². The van der Waals surface area contributed by atoms with Gasteiger partial charge in [-0.1, -0.05) is 18.5 Å². The summed E-state index contributed by atoms with van der Waals surface area (Å²) < 4.78 is 0. The lowest BCUT2D eigenvalue weighted by molar-refractivity contribution is 0.0913. The highest BCUT2D eigenvalue weighted by Gasteiger charge is 2.12. The van der Waals surface area contributed by atoms with Crippen LogP contribution in [-0.4, -0.2) is 28.8 Å². The molecule has 4 nitrogen and oxygen atoms in total. The van der Waals surface area contributed by atoms with Gasteiger partial charge in [0.05, 0.1) is 16.7 Å². The number of benzene rings is 1. The summed E-state index contributed by atoms with van der Waals surface area (Å²) in [6.45, 7) is 1.99. The molecule has 1 unspecified atom stereocenters. The van der Waals surface area contributed by atoms with Crippen LogP contribution < -0.4 is 5.32 Å². The van der Waals surface area contributed by atoms with E-state index < -0.39 is 12.0 Å². The van der Waals surface area contributed by atoms with Crippen LogP contribution in [0.1, 0.15) is 23.7 Å². The molecule has 0 aliphatic carbocycles. The first-order valence-corrected chi connectivity index (χ1v) is 5.37. The van der Waals surface area contributed by atoms with Gasteiger partial charge in [0.25, 0.3) is 5.91 Å². The number of phenols is 1. The fourth-order valence-corrected chi connectivity index (χ4v) is 1.34. The van der Waals surface area contributed by atoms with Gasteiger partial charge in [-0.2, -0.15) is 0 Å². The number of hydrogen-bond donors (Lipinski definition) is 3. The van der Waals surface area contributed by atoms with Gasteiger partial charge in [0.1, 0.15) is 5.75 Å². The minimum absolute atomic E-state index is 0.0226. The minimum atomic E-state index is -0.569. The first kappa shape index (κ1) is 12.8. The number of phenolic OH excluding ortho intramolecular Hbond substituents is 1. The SMILES string of the molecule is CCC(O)CNC(=O)c1cc(O)ccc1Cl. The van der Waals surface area contributed by atoms with Gasteiger partial charge in [-0.05, 0) is 24.6 Å². The number of amides is 1. The topological polar surface area (TPSA) is 69.6 Å². The van der Waals surface area contributed by atoms with Crippen LogP contribution >= 0.6 is 11.6 Å². The molecule has 0 fully saturated rings. The summed E-state index contributed by atoms with van der Waals surface area (Å²) in [6.07, 6.45) is -0.00587. The van der Waals surface area contributed by atoms with E-state index in [9.17, 15) is 15.0 Å². The third kappa shape index (κ3) is 3.40. The third-order valence-electron chi connectivity index (χ3n) is 2.16. The van der Waals surface area contributed by atoms with Crippen molar-refractivity contribution in [1.29, 1.82) is 0 Å². The molecule has 16 heavy (non-hydrogen) atoms. The van der Waals surface area contributed by atoms with E-state index in [0.717, 1.165) is 0 Å². The molecule has 0 spiro atoms. The summed E-state index contributed by atoms with van der Waals surface area (Å²) in [5.74, 6) is -0.431. The fourth-order valence-electron chi connectivity index (χ4n) is 1.14. The number of hydrogen-bond acceptors (Lipinski definition) is 3. The van der Waals surface area contributed by atoms with Crippen LogP contribution in [0.3, 0.4) is 0 Å². The Morgan fingerprint density at radius 3 is 2.88 bits per heavy atom. The molecule has 5 heteroatoms. The van der Waals surface area contributed by atoms with Gasteiger partial charge in [0, 0.05) is 6.54 Å². The summed E-state index contributed by atoms with van der Waals surface area (Å²) in [5, 5.41) is 21.3. The summed E-state index contributed by atoms with van der Waals surface area (Å²) in [5.41, 5.74) is 0.199. The van der Waals surface area contributed by atoms with E-state index in [0.29, 0.717) is 6.42 Å². The number of halogens is 1. The molecule has 3 N–H and O–H groups in total. The highest BCUT2D eigenvalue weighted by atomic mass is 35.5. The second-order valence-corrected chi connectivity index (χ2v) is 3.84. The Labute approximate surface area is 98.9 Å². The number of aliphatic hydroxyl groups excluding tert-OH is 1. The number of nitrogens with one attached hydrogen (secondary N) is 1. The van der Waals surface area contributed by atoms with Gasteiger partial charge in [-0.15, -0.1) is 0 Å². The number of rotatable bonds is 4. The maximum absolute atomic E-state index is 11.6. The van der Waals surface area contributed by atoms with Gasteiger partial charge >= 0.3 is 0 Å². The van der Waals surface area contributed by atoms with E-state index in [-0.39, 0.29) is 22.9 Å². The largest absolute Gasteiger partial charge is 0.508 e. The highest BCUT2D eigenvalue weighted by Crippen LogP contribution is 2.20. The number of carbonyl (C=O) groups excluding carboxylic acids is 1. The maximum atomic E-state index is 11.6. The molecule has 0 bridgehead atoms. The monoisotopic (exact) mass is 243 g/mol. The van der Waals surface area contributed by atoms with Crippen molar-refractivity contribution < 1.29 is 15.0 Å². The molecule has 0 saturated heterocycles. The Kier molecular flexibility index (Phi) is 4.58. The lowest BCUT2D eigenvalue weighted by Crippen LogP contribution is -2.31. The van der Waals surface area contributed by atoms with Gasteiger partial charge < -0.3 is 15.5 Å². The van der Waals surface area contributed by atoms with Crippen molar-refractivity contribution in [2.24, 2.45) is 0 Å². The van der Waals surface area contributed by atoms with Gasteiger partial charge in [-0.25, -0.2) is 0 Å². The number of carbonyl (C=O) groups is 1. The molecule has 0 aliphatic rings. The first-order chi connectivity index (χ1) is 7.54. The Balaban J connectivity index is 2.69. The predicted molar refractivity (Wildman–Crippen MR) is 61.7 cm³/mol. The molecule has 0 radical (unpaired) electrons. The zero-order valence-corrected chi connectivity index (χ0v) is 9.66. The van der Waals surface area contributed by atoms with Crippen LogP contribution in [0.15, 0.2) is 18.2 Å². The molecule has 1 rings (SSSR count). The van der Waals surface area contributed by atoms with Crippen molar-refractivity contribution in [2.75, 3.05) is 6.54 Å². The van der Waals surface area contributed by atoms with Crippen molar-refractivity contribution >= 4 is 17.5 Å². The molecule has 88 valence electrons. The molecular weight excluding hydrogens is 230 g/mol. The molecule has 1 amide bonds. The van der Waals surface area contributed by atoms with E-state index >= 15 is 0 Å². The Hall–Kier alpha value is -1.26. The van der Waals surface area contributed by atoms with E-state index in [1.54, 1.807) is 0 Å². The van der Waals surface area contributed by atoms with Crippen molar-refractivity contribution in [3.63, 3.8) is 0 Å². The van der Waals surface area contributed by atoms with Crippen LogP contribution in [0.2, 0.25) is 5.02 Å². The summed E-state index contributed by atoms with van der Waals surface area (Å²) in [6, 6.07) is 4.14. The summed E-state index contributed by atoms with van der Waals surface area (Å²) >= 11 is 5.81. The molecule has 1 atom stereocenters. The molecule has 1 aromatic carbocycles. The number of aliphatic hydroxyl groups is 1. The minimum Gasteiger partial charge on any atom is -0.508 e. The lowest BCUT2D eigenvalue weighted by atomic mass is 10.2. The van der Waals surface area contributed by atoms with Gasteiger partial charge in [0.2, 0.25) is 0 Å². The van der Waals surface area contributed by atoms with Gasteiger partial charge in [0.15, 0.2) is 0 Å². The predicted octanol–water partition coefficient (Wildman–Crippen LogP) is 1.55. The maximum Gasteiger partial charge on any atom is 0.253 e. The lowest BCUT2D eigenvalue weighted by Gasteiger charge is -2.10. The zero-order chi connectivity index (χ0) is 12.1. The van der Waals surface area contributed by atoms with Crippen LogP contribution in [0.25, 0.3) is 0 Å². The van der Waals surface area contributed by atoms with Gasteiger partial charge in [-0.3, -0.25) is 4.79 Å². The molecule has 0 heterocycles. The molecule has 0 aromatic heterocycles. The van der Waals surface area contributed by atoms with E-state index in [4.69, 9.17) is 11.6 Å². The summed E-state index contributed by atoms with van der Waals surface area (Å²) in [4.78, 5) is 11.6. The van der Waals surface area contributed by atoms with Crippen molar-refractivity contribution in [3.8, 4) is 5.75 Å².